The number of carboxylic acid groups (broad SMARTS) is 1. The highest BCUT2D eigenvalue weighted by molar-refractivity contribution is 5.69. The molecule has 0 aromatic carbocycles. The number of hydrogen-bond donors (Lipinski definition) is 1. The van der Waals surface area contributed by atoms with Gasteiger partial charge in [-0.2, -0.15) is 0 Å². The number of nitrogens with zero attached hydrogens (tertiary/aromatic N) is 3. The van der Waals surface area contributed by atoms with Gasteiger partial charge < -0.3 is 5.11 Å². The highest BCUT2D eigenvalue weighted by Gasteiger charge is 2.20. The van der Waals surface area contributed by atoms with Crippen molar-refractivity contribution >= 4 is 11.7 Å². The first-order chi connectivity index (χ1) is 9.23. The van der Waals surface area contributed by atoms with Crippen molar-refractivity contribution in [3.8, 4) is 0 Å². The zero-order valence-corrected chi connectivity index (χ0v) is 12.1. The summed E-state index contributed by atoms with van der Waals surface area (Å²) in [6, 6.07) is 0. The highest BCUT2D eigenvalue weighted by Crippen LogP contribution is 2.24. The van der Waals surface area contributed by atoms with Gasteiger partial charge in [-0.3, -0.25) is 24.8 Å². The molecule has 0 aliphatic heterocycles. The van der Waals surface area contributed by atoms with E-state index in [1.165, 1.54) is 6.20 Å². The number of carbonyl (C=O) groups is 1. The molecule has 110 valence electrons. The van der Waals surface area contributed by atoms with E-state index in [1.54, 1.807) is 32.7 Å². The molecule has 0 spiro atoms. The number of aryl methyl sites for hydroxylation is 1. The molecule has 0 aliphatic carbocycles. The Morgan fingerprint density at radius 1 is 1.55 bits per heavy atom. The van der Waals surface area contributed by atoms with Crippen LogP contribution < -0.4 is 0 Å². The van der Waals surface area contributed by atoms with E-state index < -0.39 is 16.8 Å². The lowest BCUT2D eigenvalue weighted by Gasteiger charge is -2.19. The van der Waals surface area contributed by atoms with E-state index in [-0.39, 0.29) is 5.69 Å². The molecule has 0 saturated carbocycles. The third-order valence-corrected chi connectivity index (χ3v) is 3.18. The summed E-state index contributed by atoms with van der Waals surface area (Å²) in [7, 11) is 1.77. The van der Waals surface area contributed by atoms with Gasteiger partial charge in [0, 0.05) is 30.4 Å². The standard InChI is InChI=1S/C13H19N3O4/c1-8-5-14-11(10(3)12(8)16(19)20)7-15(4)6-9(2)13(17)18/h5,9H,6-7H2,1-4H3,(H,17,18). The molecule has 0 saturated heterocycles. The lowest BCUT2D eigenvalue weighted by atomic mass is 10.1. The molecular formula is C13H19N3O4. The largest absolute Gasteiger partial charge is 0.481 e. The fourth-order valence-electron chi connectivity index (χ4n) is 2.07. The number of carboxylic acids is 1. The van der Waals surface area contributed by atoms with Crippen LogP contribution in [0.4, 0.5) is 5.69 Å². The normalized spacial score (nSPS) is 12.4. The van der Waals surface area contributed by atoms with Gasteiger partial charge in [0.2, 0.25) is 0 Å². The molecule has 0 aliphatic rings. The summed E-state index contributed by atoms with van der Waals surface area (Å²) in [6.45, 7) is 5.68. The smallest absolute Gasteiger partial charge is 0.307 e. The zero-order valence-electron chi connectivity index (χ0n) is 12.1. The van der Waals surface area contributed by atoms with Gasteiger partial charge >= 0.3 is 5.97 Å². The van der Waals surface area contributed by atoms with Crippen molar-refractivity contribution in [1.82, 2.24) is 9.88 Å². The SMILES string of the molecule is Cc1cnc(CN(C)CC(C)C(=O)O)c(C)c1[N+](=O)[O-]. The van der Waals surface area contributed by atoms with Gasteiger partial charge in [-0.1, -0.05) is 6.92 Å². The quantitative estimate of drug-likeness (QED) is 0.630. The van der Waals surface area contributed by atoms with Gasteiger partial charge in [0.1, 0.15) is 0 Å². The molecule has 1 aromatic heterocycles. The lowest BCUT2D eigenvalue weighted by Crippen LogP contribution is -2.28. The van der Waals surface area contributed by atoms with E-state index in [4.69, 9.17) is 5.11 Å². The number of hydrogen-bond acceptors (Lipinski definition) is 5. The van der Waals surface area contributed by atoms with Crippen molar-refractivity contribution in [2.75, 3.05) is 13.6 Å². The molecule has 7 heteroatoms. The third-order valence-electron chi connectivity index (χ3n) is 3.18. The van der Waals surface area contributed by atoms with E-state index in [0.717, 1.165) is 0 Å². The van der Waals surface area contributed by atoms with Crippen LogP contribution in [0, 0.1) is 29.9 Å². The Bertz CT molecular complexity index is 531. The first-order valence-corrected chi connectivity index (χ1v) is 6.24. The van der Waals surface area contributed by atoms with Crippen LogP contribution in [0.5, 0.6) is 0 Å². The lowest BCUT2D eigenvalue weighted by molar-refractivity contribution is -0.386. The predicted octanol–water partition coefficient (Wildman–Crippen LogP) is 1.76. The van der Waals surface area contributed by atoms with Crippen molar-refractivity contribution in [2.45, 2.75) is 27.3 Å². The molecule has 0 bridgehead atoms. The first kappa shape index (κ1) is 16.0. The molecule has 7 nitrogen and oxygen atoms in total. The van der Waals surface area contributed by atoms with Crippen LogP contribution in [0.25, 0.3) is 0 Å². The molecule has 0 amide bonds. The molecule has 1 atom stereocenters. The Kier molecular flexibility index (Phi) is 5.15. The van der Waals surface area contributed by atoms with Crippen molar-refractivity contribution in [3.63, 3.8) is 0 Å². The van der Waals surface area contributed by atoms with Gasteiger partial charge in [-0.05, 0) is 20.9 Å². The van der Waals surface area contributed by atoms with E-state index in [9.17, 15) is 14.9 Å². The van der Waals surface area contributed by atoms with E-state index in [0.29, 0.717) is 29.9 Å². The average Bonchev–Trinajstić information content (AvgIpc) is 2.32. The molecule has 1 rings (SSSR count). The minimum Gasteiger partial charge on any atom is -0.481 e. The maximum absolute atomic E-state index is 11.0. The molecule has 0 fully saturated rings. The Hall–Kier alpha value is -2.02. The Balaban J connectivity index is 2.91. The average molecular weight is 281 g/mol. The van der Waals surface area contributed by atoms with Crippen LogP contribution in [-0.2, 0) is 11.3 Å². The number of rotatable bonds is 6. The summed E-state index contributed by atoms with van der Waals surface area (Å²) >= 11 is 0. The van der Waals surface area contributed by atoms with Crippen molar-refractivity contribution in [2.24, 2.45) is 5.92 Å². The van der Waals surface area contributed by atoms with Crippen LogP contribution in [0.1, 0.15) is 23.7 Å². The van der Waals surface area contributed by atoms with Crippen molar-refractivity contribution < 1.29 is 14.8 Å². The van der Waals surface area contributed by atoms with Crippen LogP contribution >= 0.6 is 0 Å². The predicted molar refractivity (Wildman–Crippen MR) is 73.5 cm³/mol. The molecule has 20 heavy (non-hydrogen) atoms. The monoisotopic (exact) mass is 281 g/mol. The Morgan fingerprint density at radius 2 is 2.15 bits per heavy atom. The summed E-state index contributed by atoms with van der Waals surface area (Å²) < 4.78 is 0. The number of pyridine rings is 1. The summed E-state index contributed by atoms with van der Waals surface area (Å²) in [5.41, 5.74) is 1.74. The van der Waals surface area contributed by atoms with Crippen LogP contribution in [0.2, 0.25) is 0 Å². The minimum atomic E-state index is -0.864. The number of nitro groups is 1. The van der Waals surface area contributed by atoms with Crippen LogP contribution in [-0.4, -0.2) is 39.5 Å². The van der Waals surface area contributed by atoms with Crippen LogP contribution in [0.3, 0.4) is 0 Å². The Labute approximate surface area is 117 Å². The van der Waals surface area contributed by atoms with Gasteiger partial charge in [0.15, 0.2) is 0 Å². The topological polar surface area (TPSA) is 96.6 Å². The summed E-state index contributed by atoms with van der Waals surface area (Å²) in [5, 5.41) is 19.9. The fourth-order valence-corrected chi connectivity index (χ4v) is 2.07. The number of aromatic nitrogens is 1. The maximum Gasteiger partial charge on any atom is 0.307 e. The van der Waals surface area contributed by atoms with E-state index in [2.05, 4.69) is 4.98 Å². The molecular weight excluding hydrogens is 262 g/mol. The summed E-state index contributed by atoms with van der Waals surface area (Å²) in [5.74, 6) is -1.36. The maximum atomic E-state index is 11.0. The van der Waals surface area contributed by atoms with Gasteiger partial charge in [0.05, 0.1) is 16.5 Å². The molecule has 1 unspecified atom stereocenters. The van der Waals surface area contributed by atoms with E-state index in [1.807, 2.05) is 0 Å². The van der Waals surface area contributed by atoms with Crippen LogP contribution in [0.15, 0.2) is 6.20 Å². The van der Waals surface area contributed by atoms with Gasteiger partial charge in [-0.15, -0.1) is 0 Å². The van der Waals surface area contributed by atoms with Gasteiger partial charge in [-0.25, -0.2) is 0 Å². The molecule has 1 heterocycles. The zero-order chi connectivity index (χ0) is 15.4. The molecule has 0 radical (unpaired) electrons. The summed E-state index contributed by atoms with van der Waals surface area (Å²) in [6.07, 6.45) is 1.48. The molecule has 1 N–H and O–H groups in total. The second-order valence-corrected chi connectivity index (χ2v) is 5.05. The molecule has 1 aromatic rings. The van der Waals surface area contributed by atoms with Crippen molar-refractivity contribution in [3.05, 3.63) is 33.1 Å². The highest BCUT2D eigenvalue weighted by atomic mass is 16.6. The number of aliphatic carboxylic acids is 1. The summed E-state index contributed by atoms with van der Waals surface area (Å²) in [4.78, 5) is 27.5. The first-order valence-electron chi connectivity index (χ1n) is 6.24. The van der Waals surface area contributed by atoms with Crippen molar-refractivity contribution in [1.29, 1.82) is 0 Å². The van der Waals surface area contributed by atoms with E-state index >= 15 is 0 Å². The Morgan fingerprint density at radius 3 is 2.65 bits per heavy atom. The minimum absolute atomic E-state index is 0.0784. The second-order valence-electron chi connectivity index (χ2n) is 5.05. The fraction of sp³-hybridized carbons (Fsp3) is 0.538. The third kappa shape index (κ3) is 3.74. The second kappa shape index (κ2) is 6.42. The van der Waals surface area contributed by atoms with Gasteiger partial charge in [0.25, 0.3) is 5.69 Å².